The minimum Gasteiger partial charge on any atom is -0.350 e. The normalized spacial score (nSPS) is 16.8. The Bertz CT molecular complexity index is 298. The van der Waals surface area contributed by atoms with Crippen LogP contribution in [-0.4, -0.2) is 35.8 Å². The first-order chi connectivity index (χ1) is 7.49. The molecule has 0 bridgehead atoms. The molecule has 4 heteroatoms. The molecule has 1 N–H and O–H groups in total. The fourth-order valence-corrected chi connectivity index (χ4v) is 1.84. The van der Waals surface area contributed by atoms with E-state index in [0.717, 1.165) is 31.5 Å². The van der Waals surface area contributed by atoms with Gasteiger partial charge in [-0.25, -0.2) is 0 Å². The van der Waals surface area contributed by atoms with Gasteiger partial charge in [-0.15, -0.1) is 0 Å². The van der Waals surface area contributed by atoms with Gasteiger partial charge in [-0.2, -0.15) is 0 Å². The molecule has 1 aliphatic rings. The van der Waals surface area contributed by atoms with Crippen molar-refractivity contribution >= 4 is 11.8 Å². The van der Waals surface area contributed by atoms with Crippen molar-refractivity contribution < 1.29 is 9.59 Å². The number of rotatable bonds is 2. The lowest BCUT2D eigenvalue weighted by Crippen LogP contribution is -2.45. The number of allylic oxidation sites excluding steroid dienone is 1. The molecular formula is C12H20N2O2. The molecule has 90 valence electrons. The molecular weight excluding hydrogens is 204 g/mol. The summed E-state index contributed by atoms with van der Waals surface area (Å²) in [6.07, 6.45) is 3.31. The van der Waals surface area contributed by atoms with Crippen LogP contribution in [0.15, 0.2) is 11.6 Å². The van der Waals surface area contributed by atoms with Gasteiger partial charge in [0.15, 0.2) is 0 Å². The summed E-state index contributed by atoms with van der Waals surface area (Å²) in [5.74, 6) is 0.0929. The number of nitrogens with one attached hydrogen (secondary N) is 1. The number of piperidine rings is 1. The van der Waals surface area contributed by atoms with E-state index < -0.39 is 0 Å². The highest BCUT2D eigenvalue weighted by Crippen LogP contribution is 2.10. The van der Waals surface area contributed by atoms with Gasteiger partial charge in [-0.3, -0.25) is 9.59 Å². The summed E-state index contributed by atoms with van der Waals surface area (Å²) in [5, 5.41) is 2.96. The van der Waals surface area contributed by atoms with E-state index in [4.69, 9.17) is 0 Å². The highest BCUT2D eigenvalue weighted by molar-refractivity contribution is 5.88. The van der Waals surface area contributed by atoms with Crippen molar-refractivity contribution in [3.8, 4) is 0 Å². The lowest BCUT2D eigenvalue weighted by molar-refractivity contribution is -0.129. The van der Waals surface area contributed by atoms with Gasteiger partial charge >= 0.3 is 0 Å². The van der Waals surface area contributed by atoms with Crippen LogP contribution in [0.3, 0.4) is 0 Å². The van der Waals surface area contributed by atoms with Crippen molar-refractivity contribution in [2.24, 2.45) is 0 Å². The SMILES string of the molecule is CC(=O)N1CCC(NC(=O)C=C(C)C)CC1. The molecule has 0 aromatic heterocycles. The molecule has 1 heterocycles. The first-order valence-electron chi connectivity index (χ1n) is 5.70. The molecule has 0 unspecified atom stereocenters. The Hall–Kier alpha value is -1.32. The van der Waals surface area contributed by atoms with Gasteiger partial charge in [0.25, 0.3) is 0 Å². The first kappa shape index (κ1) is 12.7. The second-order valence-electron chi connectivity index (χ2n) is 4.51. The monoisotopic (exact) mass is 224 g/mol. The zero-order valence-corrected chi connectivity index (χ0v) is 10.2. The van der Waals surface area contributed by atoms with Crippen LogP contribution in [0.2, 0.25) is 0 Å². The summed E-state index contributed by atoms with van der Waals surface area (Å²) in [4.78, 5) is 24.4. The predicted molar refractivity (Wildman–Crippen MR) is 62.8 cm³/mol. The van der Waals surface area contributed by atoms with Crippen LogP contribution in [0.25, 0.3) is 0 Å². The number of hydrogen-bond donors (Lipinski definition) is 1. The Morgan fingerprint density at radius 3 is 2.19 bits per heavy atom. The number of nitrogens with zero attached hydrogens (tertiary/aromatic N) is 1. The van der Waals surface area contributed by atoms with Gasteiger partial charge < -0.3 is 10.2 Å². The van der Waals surface area contributed by atoms with Crippen LogP contribution in [0.1, 0.15) is 33.6 Å². The maximum Gasteiger partial charge on any atom is 0.244 e. The minimum absolute atomic E-state index is 0.0266. The molecule has 0 aromatic carbocycles. The van der Waals surface area contributed by atoms with Crippen LogP contribution < -0.4 is 5.32 Å². The van der Waals surface area contributed by atoms with Crippen molar-refractivity contribution in [3.05, 3.63) is 11.6 Å². The standard InChI is InChI=1S/C12H20N2O2/c1-9(2)8-12(16)13-11-4-6-14(7-5-11)10(3)15/h8,11H,4-7H2,1-3H3,(H,13,16). The Morgan fingerprint density at radius 2 is 1.75 bits per heavy atom. The largest absolute Gasteiger partial charge is 0.350 e. The lowest BCUT2D eigenvalue weighted by atomic mass is 10.0. The van der Waals surface area contributed by atoms with E-state index >= 15 is 0 Å². The molecule has 1 fully saturated rings. The Labute approximate surface area is 96.7 Å². The smallest absolute Gasteiger partial charge is 0.244 e. The maximum atomic E-state index is 11.5. The molecule has 2 amide bonds. The van der Waals surface area contributed by atoms with Crippen LogP contribution in [0.5, 0.6) is 0 Å². The average molecular weight is 224 g/mol. The Balaban J connectivity index is 2.35. The van der Waals surface area contributed by atoms with E-state index in [1.165, 1.54) is 0 Å². The van der Waals surface area contributed by atoms with Crippen molar-refractivity contribution in [1.82, 2.24) is 10.2 Å². The van der Waals surface area contributed by atoms with Crippen LogP contribution in [-0.2, 0) is 9.59 Å². The third-order valence-corrected chi connectivity index (χ3v) is 2.71. The molecule has 1 rings (SSSR count). The van der Waals surface area contributed by atoms with Gasteiger partial charge in [0, 0.05) is 32.1 Å². The van der Waals surface area contributed by atoms with Gasteiger partial charge in [-0.1, -0.05) is 5.57 Å². The van der Waals surface area contributed by atoms with Crippen molar-refractivity contribution in [2.75, 3.05) is 13.1 Å². The molecule has 0 spiro atoms. The highest BCUT2D eigenvalue weighted by Gasteiger charge is 2.21. The van der Waals surface area contributed by atoms with Crippen LogP contribution in [0, 0.1) is 0 Å². The first-order valence-corrected chi connectivity index (χ1v) is 5.70. The van der Waals surface area contributed by atoms with Gasteiger partial charge in [-0.05, 0) is 26.7 Å². The molecule has 1 saturated heterocycles. The van der Waals surface area contributed by atoms with Crippen molar-refractivity contribution in [1.29, 1.82) is 0 Å². The molecule has 0 aliphatic carbocycles. The summed E-state index contributed by atoms with van der Waals surface area (Å²) in [6, 6.07) is 0.207. The predicted octanol–water partition coefficient (Wildman–Crippen LogP) is 1.08. The van der Waals surface area contributed by atoms with Gasteiger partial charge in [0.1, 0.15) is 0 Å². The van der Waals surface area contributed by atoms with E-state index in [2.05, 4.69) is 5.32 Å². The summed E-state index contributed by atoms with van der Waals surface area (Å²) >= 11 is 0. The number of likely N-dealkylation sites (tertiary alicyclic amines) is 1. The molecule has 4 nitrogen and oxygen atoms in total. The number of hydrogen-bond acceptors (Lipinski definition) is 2. The van der Waals surface area contributed by atoms with E-state index in [1.54, 1.807) is 13.0 Å². The van der Waals surface area contributed by atoms with Gasteiger partial charge in [0.05, 0.1) is 0 Å². The quantitative estimate of drug-likeness (QED) is 0.713. The topological polar surface area (TPSA) is 49.4 Å². The average Bonchev–Trinajstić information content (AvgIpc) is 2.16. The third-order valence-electron chi connectivity index (χ3n) is 2.71. The second-order valence-corrected chi connectivity index (χ2v) is 4.51. The maximum absolute atomic E-state index is 11.5. The second kappa shape index (κ2) is 5.68. The van der Waals surface area contributed by atoms with E-state index in [9.17, 15) is 9.59 Å². The fraction of sp³-hybridized carbons (Fsp3) is 0.667. The number of carbonyl (C=O) groups excluding carboxylic acids is 2. The van der Waals surface area contributed by atoms with Gasteiger partial charge in [0.2, 0.25) is 11.8 Å². The molecule has 1 aliphatic heterocycles. The summed E-state index contributed by atoms with van der Waals surface area (Å²) < 4.78 is 0. The van der Waals surface area contributed by atoms with Crippen LogP contribution in [0.4, 0.5) is 0 Å². The van der Waals surface area contributed by atoms with Crippen LogP contribution >= 0.6 is 0 Å². The van der Waals surface area contributed by atoms with E-state index in [1.807, 2.05) is 18.7 Å². The fourth-order valence-electron chi connectivity index (χ4n) is 1.84. The lowest BCUT2D eigenvalue weighted by Gasteiger charge is -2.31. The highest BCUT2D eigenvalue weighted by atomic mass is 16.2. The van der Waals surface area contributed by atoms with Crippen molar-refractivity contribution in [3.63, 3.8) is 0 Å². The summed E-state index contributed by atoms with van der Waals surface area (Å²) in [7, 11) is 0. The Morgan fingerprint density at radius 1 is 1.19 bits per heavy atom. The summed E-state index contributed by atoms with van der Waals surface area (Å²) in [6.45, 7) is 6.88. The number of carbonyl (C=O) groups is 2. The Kier molecular flexibility index (Phi) is 4.52. The molecule has 16 heavy (non-hydrogen) atoms. The molecule has 0 atom stereocenters. The zero-order valence-electron chi connectivity index (χ0n) is 10.2. The zero-order chi connectivity index (χ0) is 12.1. The number of amides is 2. The minimum atomic E-state index is -0.0266. The van der Waals surface area contributed by atoms with Crippen molar-refractivity contribution in [2.45, 2.75) is 39.7 Å². The van der Waals surface area contributed by atoms with E-state index in [-0.39, 0.29) is 17.9 Å². The third kappa shape index (κ3) is 4.04. The summed E-state index contributed by atoms with van der Waals surface area (Å²) in [5.41, 5.74) is 0.999. The molecule has 0 radical (unpaired) electrons. The molecule has 0 saturated carbocycles. The van der Waals surface area contributed by atoms with E-state index in [0.29, 0.717) is 0 Å². The molecule has 0 aromatic rings.